The molecule has 1 atom stereocenters. The molecule has 0 aromatic carbocycles. The van der Waals surface area contributed by atoms with Gasteiger partial charge in [-0.05, 0) is 32.8 Å². The van der Waals surface area contributed by atoms with Crippen molar-refractivity contribution in [3.63, 3.8) is 0 Å². The fourth-order valence-electron chi connectivity index (χ4n) is 3.25. The summed E-state index contributed by atoms with van der Waals surface area (Å²) in [7, 11) is 0. The van der Waals surface area contributed by atoms with Crippen LogP contribution in [-0.4, -0.2) is 60.2 Å². The van der Waals surface area contributed by atoms with Crippen molar-refractivity contribution in [3.8, 4) is 0 Å². The van der Waals surface area contributed by atoms with E-state index in [1.165, 1.54) is 0 Å². The van der Waals surface area contributed by atoms with Gasteiger partial charge >= 0.3 is 0 Å². The molecule has 0 bridgehead atoms. The highest BCUT2D eigenvalue weighted by Crippen LogP contribution is 2.23. The Bertz CT molecular complexity index is 523. The van der Waals surface area contributed by atoms with Gasteiger partial charge in [0.1, 0.15) is 0 Å². The van der Waals surface area contributed by atoms with Gasteiger partial charge in [-0.3, -0.25) is 4.79 Å². The largest absolute Gasteiger partial charge is 0.378 e. The van der Waals surface area contributed by atoms with E-state index < -0.39 is 0 Å². The zero-order valence-electron chi connectivity index (χ0n) is 13.4. The Labute approximate surface area is 131 Å². The number of amides is 1. The van der Waals surface area contributed by atoms with Crippen molar-refractivity contribution >= 4 is 11.9 Å². The Morgan fingerprint density at radius 1 is 1.18 bits per heavy atom. The number of aromatic nitrogens is 2. The summed E-state index contributed by atoms with van der Waals surface area (Å²) in [4.78, 5) is 25.8. The first-order chi connectivity index (χ1) is 10.6. The maximum Gasteiger partial charge on any atom is 0.227 e. The summed E-state index contributed by atoms with van der Waals surface area (Å²) in [6, 6.07) is 1.98. The molecule has 6 nitrogen and oxygen atoms in total. The maximum absolute atomic E-state index is 12.7. The molecule has 6 heteroatoms. The highest BCUT2D eigenvalue weighted by Gasteiger charge is 2.31. The number of carbonyl (C=O) groups is 1. The van der Waals surface area contributed by atoms with Crippen molar-refractivity contribution in [3.05, 3.63) is 17.5 Å². The van der Waals surface area contributed by atoms with Crippen LogP contribution in [0.4, 0.5) is 5.95 Å². The van der Waals surface area contributed by atoms with Crippen LogP contribution in [0, 0.1) is 19.8 Å². The minimum Gasteiger partial charge on any atom is -0.378 e. The lowest BCUT2D eigenvalue weighted by Crippen LogP contribution is -2.48. The Morgan fingerprint density at radius 2 is 1.86 bits per heavy atom. The molecule has 3 rings (SSSR count). The Hall–Kier alpha value is -1.69. The van der Waals surface area contributed by atoms with Crippen LogP contribution in [0.1, 0.15) is 24.2 Å². The van der Waals surface area contributed by atoms with Gasteiger partial charge in [-0.25, -0.2) is 9.97 Å². The average molecular weight is 304 g/mol. The Kier molecular flexibility index (Phi) is 4.57. The lowest BCUT2D eigenvalue weighted by atomic mass is 9.96. The smallest absolute Gasteiger partial charge is 0.227 e. The summed E-state index contributed by atoms with van der Waals surface area (Å²) in [5, 5.41) is 0. The molecule has 2 aliphatic rings. The van der Waals surface area contributed by atoms with Gasteiger partial charge in [0, 0.05) is 37.6 Å². The third-order valence-corrected chi connectivity index (χ3v) is 4.35. The molecule has 0 N–H and O–H groups in total. The van der Waals surface area contributed by atoms with Crippen LogP contribution in [0.2, 0.25) is 0 Å². The van der Waals surface area contributed by atoms with Gasteiger partial charge in [0.25, 0.3) is 0 Å². The van der Waals surface area contributed by atoms with E-state index in [1.807, 2.05) is 24.8 Å². The van der Waals surface area contributed by atoms with Gasteiger partial charge in [-0.15, -0.1) is 0 Å². The van der Waals surface area contributed by atoms with Crippen LogP contribution in [0.25, 0.3) is 0 Å². The molecule has 0 radical (unpaired) electrons. The van der Waals surface area contributed by atoms with Crippen LogP contribution in [0.15, 0.2) is 6.07 Å². The number of hydrogen-bond donors (Lipinski definition) is 0. The molecule has 22 heavy (non-hydrogen) atoms. The number of aryl methyl sites for hydroxylation is 2. The van der Waals surface area contributed by atoms with E-state index in [2.05, 4.69) is 14.9 Å². The molecule has 120 valence electrons. The Balaban J connectivity index is 1.69. The van der Waals surface area contributed by atoms with E-state index >= 15 is 0 Å². The van der Waals surface area contributed by atoms with E-state index in [1.54, 1.807) is 0 Å². The topological polar surface area (TPSA) is 58.6 Å². The summed E-state index contributed by atoms with van der Waals surface area (Å²) in [6.07, 6.45) is 1.97. The quantitative estimate of drug-likeness (QED) is 0.821. The summed E-state index contributed by atoms with van der Waals surface area (Å²) < 4.78 is 5.33. The fraction of sp³-hybridized carbons (Fsp3) is 0.688. The van der Waals surface area contributed by atoms with Crippen molar-refractivity contribution in [2.45, 2.75) is 26.7 Å². The van der Waals surface area contributed by atoms with Crippen molar-refractivity contribution in [2.24, 2.45) is 5.92 Å². The first-order valence-corrected chi connectivity index (χ1v) is 8.07. The third-order valence-electron chi connectivity index (χ3n) is 4.35. The summed E-state index contributed by atoms with van der Waals surface area (Å²) >= 11 is 0. The standard InChI is InChI=1S/C16H24N4O2/c1-12-10-13(2)18-16(17-12)20-5-3-4-14(11-20)15(21)19-6-8-22-9-7-19/h10,14H,3-9,11H2,1-2H3/t14-/m0/s1. The normalized spacial score (nSPS) is 22.7. The second-order valence-electron chi connectivity index (χ2n) is 6.17. The number of hydrogen-bond acceptors (Lipinski definition) is 5. The van der Waals surface area contributed by atoms with Crippen LogP contribution in [0.5, 0.6) is 0 Å². The van der Waals surface area contributed by atoms with E-state index in [-0.39, 0.29) is 11.8 Å². The number of morpholine rings is 1. The van der Waals surface area contributed by atoms with Crippen molar-refractivity contribution in [1.29, 1.82) is 0 Å². The molecule has 0 unspecified atom stereocenters. The van der Waals surface area contributed by atoms with Crippen molar-refractivity contribution in [2.75, 3.05) is 44.3 Å². The summed E-state index contributed by atoms with van der Waals surface area (Å²) in [5.41, 5.74) is 1.95. The molecule has 3 heterocycles. The number of carbonyl (C=O) groups excluding carboxylic acids is 1. The molecule has 0 spiro atoms. The summed E-state index contributed by atoms with van der Waals surface area (Å²) in [5.74, 6) is 1.07. The number of nitrogens with zero attached hydrogens (tertiary/aromatic N) is 4. The zero-order valence-corrected chi connectivity index (χ0v) is 13.4. The van der Waals surface area contributed by atoms with Crippen LogP contribution >= 0.6 is 0 Å². The molecule has 1 aromatic heterocycles. The molecule has 1 aromatic rings. The second kappa shape index (κ2) is 6.60. The van der Waals surface area contributed by atoms with E-state index in [0.717, 1.165) is 56.4 Å². The lowest BCUT2D eigenvalue weighted by molar-refractivity contribution is -0.139. The number of anilines is 1. The zero-order chi connectivity index (χ0) is 15.5. The molecule has 2 saturated heterocycles. The van der Waals surface area contributed by atoms with Crippen LogP contribution in [0.3, 0.4) is 0 Å². The first kappa shape index (κ1) is 15.2. The highest BCUT2D eigenvalue weighted by molar-refractivity contribution is 5.79. The fourth-order valence-corrected chi connectivity index (χ4v) is 3.25. The molecule has 1 amide bonds. The van der Waals surface area contributed by atoms with Gasteiger partial charge < -0.3 is 14.5 Å². The SMILES string of the molecule is Cc1cc(C)nc(N2CCC[C@H](C(=O)N3CCOCC3)C2)n1. The second-order valence-corrected chi connectivity index (χ2v) is 6.17. The molecular weight excluding hydrogens is 280 g/mol. The van der Waals surface area contributed by atoms with Gasteiger partial charge in [0.05, 0.1) is 19.1 Å². The van der Waals surface area contributed by atoms with E-state index in [4.69, 9.17) is 4.74 Å². The van der Waals surface area contributed by atoms with Gasteiger partial charge in [0.2, 0.25) is 11.9 Å². The molecule has 2 aliphatic heterocycles. The average Bonchev–Trinajstić information content (AvgIpc) is 2.54. The monoisotopic (exact) mass is 304 g/mol. The maximum atomic E-state index is 12.7. The lowest BCUT2D eigenvalue weighted by Gasteiger charge is -2.36. The summed E-state index contributed by atoms with van der Waals surface area (Å²) in [6.45, 7) is 8.36. The van der Waals surface area contributed by atoms with Crippen LogP contribution < -0.4 is 4.90 Å². The highest BCUT2D eigenvalue weighted by atomic mass is 16.5. The van der Waals surface area contributed by atoms with Gasteiger partial charge in [-0.1, -0.05) is 0 Å². The predicted molar refractivity (Wildman–Crippen MR) is 83.8 cm³/mol. The van der Waals surface area contributed by atoms with Crippen molar-refractivity contribution in [1.82, 2.24) is 14.9 Å². The molecular formula is C16H24N4O2. The number of piperidine rings is 1. The number of rotatable bonds is 2. The predicted octanol–water partition coefficient (Wildman–Crippen LogP) is 1.17. The third kappa shape index (κ3) is 3.38. The van der Waals surface area contributed by atoms with Gasteiger partial charge in [-0.2, -0.15) is 0 Å². The Morgan fingerprint density at radius 3 is 2.55 bits per heavy atom. The minimum absolute atomic E-state index is 0.0521. The molecule has 2 fully saturated rings. The minimum atomic E-state index is 0.0521. The first-order valence-electron chi connectivity index (χ1n) is 8.07. The molecule has 0 aliphatic carbocycles. The van der Waals surface area contributed by atoms with Crippen molar-refractivity contribution < 1.29 is 9.53 Å². The van der Waals surface area contributed by atoms with E-state index in [9.17, 15) is 4.79 Å². The van der Waals surface area contributed by atoms with Crippen LogP contribution in [-0.2, 0) is 9.53 Å². The van der Waals surface area contributed by atoms with E-state index in [0.29, 0.717) is 13.2 Å². The molecule has 0 saturated carbocycles. The number of ether oxygens (including phenoxy) is 1. The van der Waals surface area contributed by atoms with Gasteiger partial charge in [0.15, 0.2) is 0 Å².